The van der Waals surface area contributed by atoms with Gasteiger partial charge in [-0.2, -0.15) is 15.0 Å². The summed E-state index contributed by atoms with van der Waals surface area (Å²) >= 11 is 0. The SMILES string of the molecule is COc1nc(NCCOCCOCCN)nc(NCc2ccccc2F)n1. The lowest BCUT2D eigenvalue weighted by molar-refractivity contribution is 0.0547. The van der Waals surface area contributed by atoms with Gasteiger partial charge in [0.05, 0.1) is 33.5 Å². The molecule has 1 aromatic carbocycles. The summed E-state index contributed by atoms with van der Waals surface area (Å²) in [6.07, 6.45) is 0. The summed E-state index contributed by atoms with van der Waals surface area (Å²) < 4.78 is 29.4. The standard InChI is InChI=1S/C17H25FN6O3/c1-25-17-23-15(20-7-9-27-11-10-26-8-6-19)22-16(24-17)21-12-13-4-2-3-5-14(13)18/h2-5H,6-12,19H2,1H3,(H2,20,21,22,23,24). The van der Waals surface area contributed by atoms with Gasteiger partial charge in [0.1, 0.15) is 5.82 Å². The number of rotatable bonds is 13. The van der Waals surface area contributed by atoms with Crippen LogP contribution in [0.1, 0.15) is 5.56 Å². The van der Waals surface area contributed by atoms with Crippen molar-refractivity contribution in [3.63, 3.8) is 0 Å². The van der Waals surface area contributed by atoms with Gasteiger partial charge in [-0.25, -0.2) is 4.39 Å². The van der Waals surface area contributed by atoms with Crippen molar-refractivity contribution in [1.29, 1.82) is 0 Å². The average molecular weight is 380 g/mol. The first-order chi connectivity index (χ1) is 13.2. The van der Waals surface area contributed by atoms with Crippen molar-refractivity contribution in [3.05, 3.63) is 35.6 Å². The van der Waals surface area contributed by atoms with E-state index < -0.39 is 0 Å². The van der Waals surface area contributed by atoms with E-state index in [0.29, 0.717) is 51.0 Å². The van der Waals surface area contributed by atoms with Gasteiger partial charge in [0, 0.05) is 25.2 Å². The number of ether oxygens (including phenoxy) is 3. The van der Waals surface area contributed by atoms with Gasteiger partial charge in [0.2, 0.25) is 11.9 Å². The summed E-state index contributed by atoms with van der Waals surface area (Å²) in [6.45, 7) is 3.20. The maximum absolute atomic E-state index is 13.7. The van der Waals surface area contributed by atoms with Gasteiger partial charge in [0.15, 0.2) is 0 Å². The molecule has 0 aliphatic heterocycles. The molecule has 0 amide bonds. The fourth-order valence-corrected chi connectivity index (χ4v) is 2.06. The molecule has 0 saturated heterocycles. The summed E-state index contributed by atoms with van der Waals surface area (Å²) in [5.74, 6) is 0.321. The highest BCUT2D eigenvalue weighted by atomic mass is 19.1. The van der Waals surface area contributed by atoms with Crippen molar-refractivity contribution in [2.75, 3.05) is 57.3 Å². The second-order valence-electron chi connectivity index (χ2n) is 5.35. The molecule has 0 fully saturated rings. The Kier molecular flexibility index (Phi) is 9.18. The number of aromatic nitrogens is 3. The Hall–Kier alpha value is -2.56. The summed E-state index contributed by atoms with van der Waals surface area (Å²) in [7, 11) is 1.46. The van der Waals surface area contributed by atoms with Crippen LogP contribution in [0.3, 0.4) is 0 Å². The van der Waals surface area contributed by atoms with E-state index in [1.807, 2.05) is 0 Å². The molecule has 0 atom stereocenters. The second-order valence-corrected chi connectivity index (χ2v) is 5.35. The fraction of sp³-hybridized carbons (Fsp3) is 0.471. The van der Waals surface area contributed by atoms with Crippen molar-refractivity contribution in [1.82, 2.24) is 15.0 Å². The van der Waals surface area contributed by atoms with E-state index >= 15 is 0 Å². The predicted octanol–water partition coefficient (Wildman–Crippen LogP) is 1.04. The monoisotopic (exact) mass is 380 g/mol. The maximum atomic E-state index is 13.7. The number of methoxy groups -OCH3 is 1. The third kappa shape index (κ3) is 7.69. The van der Waals surface area contributed by atoms with E-state index in [0.717, 1.165) is 0 Å². The molecule has 0 radical (unpaired) electrons. The van der Waals surface area contributed by atoms with E-state index in [4.69, 9.17) is 19.9 Å². The van der Waals surface area contributed by atoms with Crippen LogP contribution in [0.5, 0.6) is 6.01 Å². The minimum absolute atomic E-state index is 0.152. The molecule has 1 heterocycles. The van der Waals surface area contributed by atoms with Crippen LogP contribution in [-0.4, -0.2) is 61.6 Å². The average Bonchev–Trinajstić information content (AvgIpc) is 2.69. The van der Waals surface area contributed by atoms with Crippen LogP contribution < -0.4 is 21.1 Å². The largest absolute Gasteiger partial charge is 0.467 e. The van der Waals surface area contributed by atoms with Crippen molar-refractivity contribution in [3.8, 4) is 6.01 Å². The molecule has 148 valence electrons. The fourth-order valence-electron chi connectivity index (χ4n) is 2.06. The highest BCUT2D eigenvalue weighted by Gasteiger charge is 2.08. The highest BCUT2D eigenvalue weighted by Crippen LogP contribution is 2.13. The Morgan fingerprint density at radius 2 is 1.67 bits per heavy atom. The molecule has 0 aliphatic carbocycles. The molecular formula is C17H25FN6O3. The molecule has 0 unspecified atom stereocenters. The van der Waals surface area contributed by atoms with Gasteiger partial charge in [-0.15, -0.1) is 0 Å². The van der Waals surface area contributed by atoms with Crippen LogP contribution in [0, 0.1) is 5.82 Å². The van der Waals surface area contributed by atoms with E-state index in [1.54, 1.807) is 18.2 Å². The van der Waals surface area contributed by atoms with Crippen LogP contribution >= 0.6 is 0 Å². The molecule has 2 aromatic rings. The first-order valence-corrected chi connectivity index (χ1v) is 8.59. The van der Waals surface area contributed by atoms with Crippen molar-refractivity contribution in [2.24, 2.45) is 5.73 Å². The molecule has 0 aliphatic rings. The lowest BCUT2D eigenvalue weighted by Gasteiger charge is -2.10. The van der Waals surface area contributed by atoms with Gasteiger partial charge >= 0.3 is 6.01 Å². The predicted molar refractivity (Wildman–Crippen MR) is 99.3 cm³/mol. The Labute approximate surface area is 157 Å². The normalized spacial score (nSPS) is 10.6. The molecule has 0 spiro atoms. The number of hydrogen-bond donors (Lipinski definition) is 3. The van der Waals surface area contributed by atoms with Crippen molar-refractivity contribution in [2.45, 2.75) is 6.54 Å². The molecule has 1 aromatic heterocycles. The zero-order valence-corrected chi connectivity index (χ0v) is 15.3. The topological polar surface area (TPSA) is 116 Å². The lowest BCUT2D eigenvalue weighted by atomic mass is 10.2. The van der Waals surface area contributed by atoms with Crippen molar-refractivity contribution < 1.29 is 18.6 Å². The smallest absolute Gasteiger partial charge is 0.322 e. The van der Waals surface area contributed by atoms with Crippen LogP contribution in [0.25, 0.3) is 0 Å². The van der Waals surface area contributed by atoms with Crippen molar-refractivity contribution >= 4 is 11.9 Å². The first kappa shape index (κ1) is 20.7. The molecule has 0 bridgehead atoms. The summed E-state index contributed by atoms with van der Waals surface area (Å²) in [5, 5.41) is 6.00. The highest BCUT2D eigenvalue weighted by molar-refractivity contribution is 5.36. The third-order valence-electron chi connectivity index (χ3n) is 3.36. The van der Waals surface area contributed by atoms with Crippen LogP contribution in [0.4, 0.5) is 16.3 Å². The van der Waals surface area contributed by atoms with Gasteiger partial charge in [-0.05, 0) is 6.07 Å². The Bertz CT molecular complexity index is 691. The van der Waals surface area contributed by atoms with Crippen LogP contribution in [0.15, 0.2) is 24.3 Å². The number of anilines is 2. The molecule has 10 heteroatoms. The molecule has 2 rings (SSSR count). The second kappa shape index (κ2) is 11.9. The maximum Gasteiger partial charge on any atom is 0.322 e. The van der Waals surface area contributed by atoms with E-state index in [1.165, 1.54) is 13.2 Å². The molecular weight excluding hydrogens is 355 g/mol. The number of nitrogens with zero attached hydrogens (tertiary/aromatic N) is 3. The third-order valence-corrected chi connectivity index (χ3v) is 3.36. The number of nitrogens with two attached hydrogens (primary N) is 1. The minimum atomic E-state index is -0.294. The molecule has 4 N–H and O–H groups in total. The molecule has 9 nitrogen and oxygen atoms in total. The van der Waals surface area contributed by atoms with Gasteiger partial charge in [0.25, 0.3) is 0 Å². The number of nitrogens with one attached hydrogen (secondary N) is 2. The number of benzene rings is 1. The summed E-state index contributed by atoms with van der Waals surface area (Å²) in [5.41, 5.74) is 5.84. The Morgan fingerprint density at radius 1 is 0.963 bits per heavy atom. The molecule has 0 saturated carbocycles. The lowest BCUT2D eigenvalue weighted by Crippen LogP contribution is -2.16. The van der Waals surface area contributed by atoms with Gasteiger partial charge in [-0.3, -0.25) is 0 Å². The Balaban J connectivity index is 1.81. The number of hydrogen-bond acceptors (Lipinski definition) is 9. The zero-order chi connectivity index (χ0) is 19.3. The quantitative estimate of drug-likeness (QED) is 0.438. The van der Waals surface area contributed by atoms with E-state index in [-0.39, 0.29) is 24.3 Å². The Morgan fingerprint density at radius 3 is 2.37 bits per heavy atom. The van der Waals surface area contributed by atoms with Gasteiger partial charge < -0.3 is 30.6 Å². The van der Waals surface area contributed by atoms with Crippen LogP contribution in [-0.2, 0) is 16.0 Å². The van der Waals surface area contributed by atoms with Crippen LogP contribution in [0.2, 0.25) is 0 Å². The van der Waals surface area contributed by atoms with E-state index in [9.17, 15) is 4.39 Å². The summed E-state index contributed by atoms with van der Waals surface area (Å²) in [4.78, 5) is 12.5. The first-order valence-electron chi connectivity index (χ1n) is 8.59. The summed E-state index contributed by atoms with van der Waals surface area (Å²) in [6, 6.07) is 6.65. The van der Waals surface area contributed by atoms with Gasteiger partial charge in [-0.1, -0.05) is 18.2 Å². The van der Waals surface area contributed by atoms with E-state index in [2.05, 4.69) is 25.6 Å². The zero-order valence-electron chi connectivity index (χ0n) is 15.3. The number of halogens is 1. The molecule has 27 heavy (non-hydrogen) atoms. The minimum Gasteiger partial charge on any atom is -0.467 e.